The van der Waals surface area contributed by atoms with Crippen LogP contribution in [0.4, 0.5) is 11.4 Å². The quantitative estimate of drug-likeness (QED) is 0.257. The molecule has 0 saturated carbocycles. The molecule has 2 aromatic carbocycles. The van der Waals surface area contributed by atoms with E-state index in [1.807, 2.05) is 13.8 Å². The van der Waals surface area contributed by atoms with Gasteiger partial charge in [0, 0.05) is 12.7 Å². The first kappa shape index (κ1) is 28.3. The lowest BCUT2D eigenvalue weighted by atomic mass is 10.1. The van der Waals surface area contributed by atoms with Gasteiger partial charge >= 0.3 is 10.3 Å². The summed E-state index contributed by atoms with van der Waals surface area (Å²) in [6.45, 7) is 4.02. The second-order valence-electron chi connectivity index (χ2n) is 9.93. The molecule has 0 fully saturated rings. The van der Waals surface area contributed by atoms with Crippen LogP contribution < -0.4 is 15.2 Å². The van der Waals surface area contributed by atoms with Gasteiger partial charge in [0.25, 0.3) is 15.6 Å². The van der Waals surface area contributed by atoms with E-state index in [9.17, 15) is 31.3 Å². The first-order chi connectivity index (χ1) is 19.4. The molecule has 5 rings (SSSR count). The molecule has 2 aromatic heterocycles. The molecule has 0 saturated heterocycles. The van der Waals surface area contributed by atoms with Crippen molar-refractivity contribution in [1.82, 2.24) is 9.55 Å². The molecule has 1 aliphatic rings. The van der Waals surface area contributed by atoms with Gasteiger partial charge in [0.15, 0.2) is 5.84 Å². The monoisotopic (exact) mass is 597 g/mol. The lowest BCUT2D eigenvalue weighted by Gasteiger charge is -2.24. The van der Waals surface area contributed by atoms with E-state index in [1.54, 1.807) is 42.5 Å². The van der Waals surface area contributed by atoms with Crippen LogP contribution in [0.3, 0.4) is 0 Å². The molecule has 214 valence electrons. The molecule has 0 radical (unpaired) electrons. The van der Waals surface area contributed by atoms with Crippen LogP contribution in [0.5, 0.6) is 5.75 Å². The molecule has 41 heavy (non-hydrogen) atoms. The highest BCUT2D eigenvalue weighted by atomic mass is 32.2. The minimum atomic E-state index is -4.78. The smallest absolute Gasteiger partial charge is 0.360 e. The third kappa shape index (κ3) is 5.53. The number of hydrogen-bond donors (Lipinski definition) is 3. The number of hydrogen-bond acceptors (Lipinski definition) is 8. The van der Waals surface area contributed by atoms with E-state index >= 15 is 0 Å². The number of fused-ring (bicyclic) bond motifs is 2. The van der Waals surface area contributed by atoms with Gasteiger partial charge in [-0.15, -0.1) is 4.40 Å². The Bertz CT molecular complexity index is 1960. The summed E-state index contributed by atoms with van der Waals surface area (Å²) < 4.78 is 66.9. The van der Waals surface area contributed by atoms with Crippen molar-refractivity contribution in [2.75, 3.05) is 9.62 Å². The van der Waals surface area contributed by atoms with Crippen molar-refractivity contribution in [2.45, 2.75) is 38.3 Å². The third-order valence-corrected chi connectivity index (χ3v) is 8.82. The Balaban J connectivity index is 1.61. The van der Waals surface area contributed by atoms with Gasteiger partial charge in [-0.3, -0.25) is 13.9 Å². The van der Waals surface area contributed by atoms with E-state index in [1.165, 1.54) is 22.9 Å². The Hall–Kier alpha value is -4.27. The first-order valence-electron chi connectivity index (χ1n) is 12.6. The number of nitrogens with one attached hydrogen (secondary N) is 1. The minimum Gasteiger partial charge on any atom is -0.506 e. The van der Waals surface area contributed by atoms with Crippen molar-refractivity contribution < 1.29 is 26.5 Å². The van der Waals surface area contributed by atoms with Crippen molar-refractivity contribution in [3.05, 3.63) is 88.3 Å². The van der Waals surface area contributed by atoms with Crippen molar-refractivity contribution in [3.8, 4) is 5.75 Å². The molecule has 14 heteroatoms. The van der Waals surface area contributed by atoms with Crippen LogP contribution in [-0.2, 0) is 33.4 Å². The Morgan fingerprint density at radius 2 is 1.80 bits per heavy atom. The van der Waals surface area contributed by atoms with Gasteiger partial charge in [0.05, 0.1) is 23.3 Å². The number of aryl methyl sites for hydroxylation is 1. The minimum absolute atomic E-state index is 0.00700. The molecule has 0 spiro atoms. The van der Waals surface area contributed by atoms with E-state index in [-0.39, 0.29) is 57.7 Å². The summed E-state index contributed by atoms with van der Waals surface area (Å²) >= 11 is 0. The Morgan fingerprint density at radius 1 is 1.07 bits per heavy atom. The van der Waals surface area contributed by atoms with Crippen molar-refractivity contribution in [2.24, 2.45) is 10.3 Å². The molecule has 4 aromatic rings. The summed E-state index contributed by atoms with van der Waals surface area (Å²) in [5, 5.41) is 14.1. The average Bonchev–Trinajstić information content (AvgIpc) is 2.91. The molecular formula is C27H27N5O7S2. The summed E-state index contributed by atoms with van der Waals surface area (Å²) in [4.78, 5) is 17.5. The second-order valence-corrected chi connectivity index (χ2v) is 12.8. The normalized spacial score (nSPS) is 14.4. The van der Waals surface area contributed by atoms with Crippen LogP contribution in [-0.4, -0.2) is 41.9 Å². The molecule has 0 atom stereocenters. The standard InChI is InChI=1S/C27H27N5O7S2/c1-17(2)12-14-31-26-20(9-6-13-28-26)24(33)23(27(31)34)25-29-21-11-10-19(15-22(21)40(35,36)30-25)32(41(37,38)39)16-18-7-4-3-5-8-18/h3-11,13,15,17,33H,12,14,16H2,1-2H3,(H,29,30)(H,37,38,39). The lowest BCUT2D eigenvalue weighted by molar-refractivity contribution is 0.473. The van der Waals surface area contributed by atoms with Crippen LogP contribution in [0.25, 0.3) is 11.0 Å². The number of amidine groups is 1. The Morgan fingerprint density at radius 3 is 2.49 bits per heavy atom. The topological polar surface area (TPSA) is 171 Å². The largest absolute Gasteiger partial charge is 0.506 e. The van der Waals surface area contributed by atoms with E-state index < -0.39 is 31.6 Å². The van der Waals surface area contributed by atoms with Gasteiger partial charge in [0.1, 0.15) is 21.9 Å². The SMILES string of the molecule is CC(C)CCn1c(=O)c(C2=NS(=O)(=O)c3cc(N(Cc4ccccc4)S(=O)(=O)O)ccc3N2)c(O)c2cccnc21. The van der Waals surface area contributed by atoms with Gasteiger partial charge in [0.2, 0.25) is 0 Å². The second kappa shape index (κ2) is 10.6. The average molecular weight is 598 g/mol. The summed E-state index contributed by atoms with van der Waals surface area (Å²) in [7, 11) is -9.27. The number of aromatic nitrogens is 2. The maximum absolute atomic E-state index is 13.6. The highest BCUT2D eigenvalue weighted by molar-refractivity contribution is 7.90. The summed E-state index contributed by atoms with van der Waals surface area (Å²) in [5.41, 5.74) is -0.304. The molecule has 0 aliphatic carbocycles. The van der Waals surface area contributed by atoms with Crippen molar-refractivity contribution in [1.29, 1.82) is 0 Å². The van der Waals surface area contributed by atoms with Crippen LogP contribution >= 0.6 is 0 Å². The number of rotatable bonds is 8. The fourth-order valence-electron chi connectivity index (χ4n) is 4.54. The number of aromatic hydroxyl groups is 1. The third-order valence-electron chi connectivity index (χ3n) is 6.60. The van der Waals surface area contributed by atoms with E-state index in [0.29, 0.717) is 16.3 Å². The highest BCUT2D eigenvalue weighted by Crippen LogP contribution is 2.35. The number of benzene rings is 2. The van der Waals surface area contributed by atoms with Gasteiger partial charge in [-0.1, -0.05) is 44.2 Å². The van der Waals surface area contributed by atoms with E-state index in [4.69, 9.17) is 0 Å². The van der Waals surface area contributed by atoms with E-state index in [0.717, 1.165) is 6.07 Å². The van der Waals surface area contributed by atoms with Gasteiger partial charge in [-0.2, -0.15) is 16.8 Å². The van der Waals surface area contributed by atoms with Crippen LogP contribution in [0, 0.1) is 5.92 Å². The van der Waals surface area contributed by atoms with Crippen molar-refractivity contribution in [3.63, 3.8) is 0 Å². The molecule has 3 heterocycles. The predicted octanol–water partition coefficient (Wildman–Crippen LogP) is 3.52. The number of sulfonamides is 1. The lowest BCUT2D eigenvalue weighted by Crippen LogP contribution is -2.33. The zero-order chi connectivity index (χ0) is 29.5. The van der Waals surface area contributed by atoms with Gasteiger partial charge < -0.3 is 10.4 Å². The molecular weight excluding hydrogens is 570 g/mol. The molecule has 0 bridgehead atoms. The highest BCUT2D eigenvalue weighted by Gasteiger charge is 2.32. The maximum Gasteiger partial charge on any atom is 0.360 e. The van der Waals surface area contributed by atoms with Crippen LogP contribution in [0.15, 0.2) is 80.9 Å². The molecule has 1 aliphatic heterocycles. The zero-order valence-corrected chi connectivity index (χ0v) is 23.7. The summed E-state index contributed by atoms with van der Waals surface area (Å²) in [6.07, 6.45) is 2.13. The predicted molar refractivity (Wildman–Crippen MR) is 155 cm³/mol. The zero-order valence-electron chi connectivity index (χ0n) is 22.1. The number of pyridine rings is 2. The number of anilines is 2. The Labute approximate surface area is 236 Å². The molecule has 0 unspecified atom stereocenters. The fraction of sp³-hybridized carbons (Fsp3) is 0.222. The summed E-state index contributed by atoms with van der Waals surface area (Å²) in [6, 6.07) is 15.3. The first-order valence-corrected chi connectivity index (χ1v) is 15.5. The fourth-order valence-corrected chi connectivity index (χ4v) is 6.37. The number of nitrogens with zero attached hydrogens (tertiary/aromatic N) is 4. The van der Waals surface area contributed by atoms with E-state index in [2.05, 4.69) is 14.7 Å². The molecule has 3 N–H and O–H groups in total. The maximum atomic E-state index is 13.6. The van der Waals surface area contributed by atoms with Gasteiger partial charge in [-0.05, 0) is 48.2 Å². The summed E-state index contributed by atoms with van der Waals surface area (Å²) in [5.74, 6) is -0.595. The molecule has 12 nitrogen and oxygen atoms in total. The van der Waals surface area contributed by atoms with Crippen LogP contribution in [0.2, 0.25) is 0 Å². The van der Waals surface area contributed by atoms with Gasteiger partial charge in [-0.25, -0.2) is 9.29 Å². The van der Waals surface area contributed by atoms with Crippen LogP contribution in [0.1, 0.15) is 31.4 Å². The Kier molecular flexibility index (Phi) is 7.32. The molecule has 0 amide bonds. The van der Waals surface area contributed by atoms with Crippen molar-refractivity contribution >= 4 is 48.6 Å².